The van der Waals surface area contributed by atoms with Crippen molar-refractivity contribution >= 4 is 21.1 Å². The maximum Gasteiger partial charge on any atom is 0.245 e. The number of aliphatic hydroxyl groups is 1. The van der Waals surface area contributed by atoms with E-state index in [1.165, 1.54) is 10.5 Å². The lowest BCUT2D eigenvalue weighted by atomic mass is 10.1. The summed E-state index contributed by atoms with van der Waals surface area (Å²) < 4.78 is 27.4. The second-order valence-electron chi connectivity index (χ2n) is 5.35. The van der Waals surface area contributed by atoms with E-state index in [-0.39, 0.29) is 17.5 Å². The number of pyridine rings is 1. The first-order valence-electron chi connectivity index (χ1n) is 7.19. The third-order valence-corrected chi connectivity index (χ3v) is 6.03. The Balaban J connectivity index is 2.06. The van der Waals surface area contributed by atoms with E-state index in [1.807, 2.05) is 0 Å². The topological polar surface area (TPSA) is 86.3 Å². The Bertz CT molecular complexity index is 726. The van der Waals surface area contributed by atoms with Crippen molar-refractivity contribution < 1.29 is 13.5 Å². The van der Waals surface area contributed by atoms with Crippen molar-refractivity contribution in [3.8, 4) is 0 Å². The third kappa shape index (κ3) is 2.56. The highest BCUT2D eigenvalue weighted by Crippen LogP contribution is 2.28. The molecule has 0 saturated carbocycles. The van der Waals surface area contributed by atoms with Gasteiger partial charge in [-0.1, -0.05) is 12.8 Å². The highest BCUT2D eigenvalue weighted by molar-refractivity contribution is 7.89. The van der Waals surface area contributed by atoms with E-state index in [0.29, 0.717) is 24.0 Å². The maximum absolute atomic E-state index is 13.0. The number of nitrogens with one attached hydrogen (secondary N) is 1. The lowest BCUT2D eigenvalue weighted by molar-refractivity contribution is 0.186. The minimum atomic E-state index is -3.63. The van der Waals surface area contributed by atoms with Crippen molar-refractivity contribution in [1.82, 2.24) is 14.3 Å². The summed E-state index contributed by atoms with van der Waals surface area (Å²) in [5.41, 5.74) is 0.562. The summed E-state index contributed by atoms with van der Waals surface area (Å²) >= 11 is 0. The number of nitrogens with zero attached hydrogens (tertiary/aromatic N) is 2. The molecule has 0 amide bonds. The van der Waals surface area contributed by atoms with Crippen molar-refractivity contribution in [3.63, 3.8) is 0 Å². The molecule has 0 spiro atoms. The number of fused-ring (bicyclic) bond motifs is 1. The Hall–Kier alpha value is -1.44. The molecular weight excluding hydrogens is 290 g/mol. The molecule has 2 N–H and O–H groups in total. The van der Waals surface area contributed by atoms with E-state index in [9.17, 15) is 13.5 Å². The predicted octanol–water partition coefficient (Wildman–Crippen LogP) is 1.49. The van der Waals surface area contributed by atoms with Crippen LogP contribution in [-0.4, -0.2) is 47.0 Å². The van der Waals surface area contributed by atoms with Crippen molar-refractivity contribution in [1.29, 1.82) is 0 Å². The molecule has 1 unspecified atom stereocenters. The molecule has 1 fully saturated rings. The Morgan fingerprint density at radius 2 is 2.24 bits per heavy atom. The van der Waals surface area contributed by atoms with Crippen LogP contribution in [0.3, 0.4) is 0 Å². The van der Waals surface area contributed by atoms with Gasteiger partial charge in [0.05, 0.1) is 6.61 Å². The molecule has 0 bridgehead atoms. The van der Waals surface area contributed by atoms with Gasteiger partial charge in [-0.25, -0.2) is 13.4 Å². The van der Waals surface area contributed by atoms with Gasteiger partial charge in [-0.05, 0) is 25.0 Å². The Morgan fingerprint density at radius 1 is 1.38 bits per heavy atom. The predicted molar refractivity (Wildman–Crippen MR) is 79.3 cm³/mol. The summed E-state index contributed by atoms with van der Waals surface area (Å²) in [5.74, 6) is 0. The smallest absolute Gasteiger partial charge is 0.245 e. The van der Waals surface area contributed by atoms with Crippen LogP contribution in [0.2, 0.25) is 0 Å². The van der Waals surface area contributed by atoms with Gasteiger partial charge in [0.1, 0.15) is 10.5 Å². The van der Waals surface area contributed by atoms with Crippen LogP contribution in [0.4, 0.5) is 0 Å². The molecule has 1 saturated heterocycles. The number of aromatic nitrogens is 2. The lowest BCUT2D eigenvalue weighted by Gasteiger charge is -2.27. The fourth-order valence-corrected chi connectivity index (χ4v) is 4.76. The number of hydrogen-bond donors (Lipinski definition) is 2. The van der Waals surface area contributed by atoms with E-state index < -0.39 is 10.0 Å². The van der Waals surface area contributed by atoms with E-state index in [1.54, 1.807) is 18.3 Å². The van der Waals surface area contributed by atoms with Gasteiger partial charge < -0.3 is 10.1 Å². The van der Waals surface area contributed by atoms with Crippen molar-refractivity contribution in [2.45, 2.75) is 36.6 Å². The molecule has 7 heteroatoms. The largest absolute Gasteiger partial charge is 0.395 e. The van der Waals surface area contributed by atoms with Gasteiger partial charge in [0.2, 0.25) is 10.0 Å². The number of rotatable bonds is 3. The summed E-state index contributed by atoms with van der Waals surface area (Å²) in [7, 11) is -3.63. The molecule has 1 aliphatic rings. The molecule has 2 aromatic rings. The zero-order valence-corrected chi connectivity index (χ0v) is 12.5. The molecule has 3 rings (SSSR count). The van der Waals surface area contributed by atoms with Crippen LogP contribution < -0.4 is 0 Å². The molecule has 1 aliphatic heterocycles. The normalized spacial score (nSPS) is 21.5. The highest BCUT2D eigenvalue weighted by Gasteiger charge is 2.33. The molecular formula is C14H19N3O3S. The Morgan fingerprint density at radius 3 is 3.05 bits per heavy atom. The highest BCUT2D eigenvalue weighted by atomic mass is 32.2. The summed E-state index contributed by atoms with van der Waals surface area (Å²) in [4.78, 5) is 7.27. The molecule has 6 nitrogen and oxygen atoms in total. The minimum Gasteiger partial charge on any atom is -0.395 e. The first kappa shape index (κ1) is 14.5. The van der Waals surface area contributed by atoms with Crippen molar-refractivity contribution in [3.05, 3.63) is 24.5 Å². The Labute approximate surface area is 123 Å². The van der Waals surface area contributed by atoms with Crippen LogP contribution in [0.15, 0.2) is 29.4 Å². The average molecular weight is 309 g/mol. The van der Waals surface area contributed by atoms with Gasteiger partial charge >= 0.3 is 0 Å². The standard InChI is InChI=1S/C14H19N3O3S/c18-10-11-5-2-1-3-8-17(11)21(19,20)13-9-16-14-12(13)6-4-7-15-14/h4,6-7,9,11,18H,1-3,5,8,10H2,(H,15,16). The molecule has 21 heavy (non-hydrogen) atoms. The molecule has 2 aromatic heterocycles. The Kier molecular flexibility index (Phi) is 3.97. The van der Waals surface area contributed by atoms with Gasteiger partial charge in [0.15, 0.2) is 0 Å². The van der Waals surface area contributed by atoms with Crippen LogP contribution in [0.25, 0.3) is 11.0 Å². The molecule has 3 heterocycles. The molecule has 0 aromatic carbocycles. The van der Waals surface area contributed by atoms with E-state index in [4.69, 9.17) is 0 Å². The molecule has 114 valence electrons. The van der Waals surface area contributed by atoms with E-state index in [2.05, 4.69) is 9.97 Å². The monoisotopic (exact) mass is 309 g/mol. The van der Waals surface area contributed by atoms with Gasteiger partial charge in [-0.15, -0.1) is 0 Å². The zero-order chi connectivity index (χ0) is 14.9. The van der Waals surface area contributed by atoms with Crippen LogP contribution in [0.5, 0.6) is 0 Å². The molecule has 1 atom stereocenters. The van der Waals surface area contributed by atoms with Gasteiger partial charge in [0, 0.05) is 30.4 Å². The van der Waals surface area contributed by atoms with E-state index in [0.717, 1.165) is 19.3 Å². The molecule has 0 radical (unpaired) electrons. The van der Waals surface area contributed by atoms with Gasteiger partial charge in [-0.2, -0.15) is 4.31 Å². The summed E-state index contributed by atoms with van der Waals surface area (Å²) in [6.07, 6.45) is 6.60. The minimum absolute atomic E-state index is 0.139. The van der Waals surface area contributed by atoms with Gasteiger partial charge in [0.25, 0.3) is 0 Å². The number of H-pyrrole nitrogens is 1. The SMILES string of the molecule is O=S(=O)(c1c[nH]c2ncccc12)N1CCCCCC1CO. The maximum atomic E-state index is 13.0. The summed E-state index contributed by atoms with van der Waals surface area (Å²) in [6, 6.07) is 3.14. The van der Waals surface area contributed by atoms with Crippen LogP contribution >= 0.6 is 0 Å². The quantitative estimate of drug-likeness (QED) is 0.899. The van der Waals surface area contributed by atoms with Gasteiger partial charge in [-0.3, -0.25) is 0 Å². The van der Waals surface area contributed by atoms with E-state index >= 15 is 0 Å². The van der Waals surface area contributed by atoms with Crippen LogP contribution in [-0.2, 0) is 10.0 Å². The second kappa shape index (κ2) is 5.75. The summed E-state index contributed by atoms with van der Waals surface area (Å²) in [5, 5.41) is 10.1. The number of hydrogen-bond acceptors (Lipinski definition) is 4. The number of aliphatic hydroxyl groups excluding tert-OH is 1. The van der Waals surface area contributed by atoms with Crippen LogP contribution in [0, 0.1) is 0 Å². The second-order valence-corrected chi connectivity index (χ2v) is 7.21. The first-order valence-corrected chi connectivity index (χ1v) is 8.63. The molecule has 0 aliphatic carbocycles. The lowest BCUT2D eigenvalue weighted by Crippen LogP contribution is -2.41. The fraction of sp³-hybridized carbons (Fsp3) is 0.500. The zero-order valence-electron chi connectivity index (χ0n) is 11.7. The fourth-order valence-electron chi connectivity index (χ4n) is 2.92. The van der Waals surface area contributed by atoms with Crippen LogP contribution in [0.1, 0.15) is 25.7 Å². The summed E-state index contributed by atoms with van der Waals surface area (Å²) in [6.45, 7) is 0.320. The number of aromatic amines is 1. The number of sulfonamides is 1. The average Bonchev–Trinajstić information content (AvgIpc) is 2.77. The van der Waals surface area contributed by atoms with Crippen molar-refractivity contribution in [2.75, 3.05) is 13.2 Å². The first-order chi connectivity index (χ1) is 10.1. The third-order valence-electron chi connectivity index (χ3n) is 4.03. The van der Waals surface area contributed by atoms with Crippen molar-refractivity contribution in [2.24, 2.45) is 0 Å².